The molecule has 1 aromatic heterocycles. The Bertz CT molecular complexity index is 627. The zero-order valence-electron chi connectivity index (χ0n) is 13.9. The van der Waals surface area contributed by atoms with Crippen molar-refractivity contribution in [1.82, 2.24) is 14.7 Å². The zero-order valence-corrected chi connectivity index (χ0v) is 13.9. The third-order valence-corrected chi connectivity index (χ3v) is 4.72. The van der Waals surface area contributed by atoms with Crippen molar-refractivity contribution < 1.29 is 9.90 Å². The average molecular weight is 327 g/mol. The van der Waals surface area contributed by atoms with Crippen molar-refractivity contribution in [3.8, 4) is 0 Å². The summed E-state index contributed by atoms with van der Waals surface area (Å²) in [6, 6.07) is 12.1. The lowest BCUT2D eigenvalue weighted by atomic mass is 9.88. The van der Waals surface area contributed by atoms with E-state index in [0.29, 0.717) is 25.9 Å². The molecular formula is C19H25N3O2. The number of carbonyl (C=O) groups is 1. The van der Waals surface area contributed by atoms with Gasteiger partial charge in [0.2, 0.25) is 5.91 Å². The highest BCUT2D eigenvalue weighted by Gasteiger charge is 2.29. The summed E-state index contributed by atoms with van der Waals surface area (Å²) in [5.41, 5.74) is 1.22. The van der Waals surface area contributed by atoms with Crippen molar-refractivity contribution >= 4 is 5.91 Å². The molecule has 0 aliphatic carbocycles. The monoisotopic (exact) mass is 327 g/mol. The number of carbonyl (C=O) groups excluding carboxylic acids is 1. The third kappa shape index (κ3) is 4.45. The second kappa shape index (κ2) is 8.11. The van der Waals surface area contributed by atoms with Gasteiger partial charge in [-0.05, 0) is 30.9 Å². The fourth-order valence-electron chi connectivity index (χ4n) is 3.35. The van der Waals surface area contributed by atoms with Crippen molar-refractivity contribution in [2.45, 2.75) is 38.3 Å². The Labute approximate surface area is 142 Å². The maximum absolute atomic E-state index is 12.4. The lowest BCUT2D eigenvalue weighted by Crippen LogP contribution is -2.46. The Morgan fingerprint density at radius 1 is 1.25 bits per heavy atom. The van der Waals surface area contributed by atoms with Crippen molar-refractivity contribution in [2.75, 3.05) is 13.1 Å². The number of likely N-dealkylation sites (tertiary alicyclic amines) is 1. The molecule has 1 aromatic carbocycles. The van der Waals surface area contributed by atoms with Gasteiger partial charge in [-0.25, -0.2) is 0 Å². The molecule has 1 amide bonds. The van der Waals surface area contributed by atoms with Crippen LogP contribution in [0.15, 0.2) is 48.8 Å². The van der Waals surface area contributed by atoms with Gasteiger partial charge in [0.25, 0.3) is 0 Å². The first kappa shape index (κ1) is 16.7. The predicted octanol–water partition coefficient (Wildman–Crippen LogP) is 2.12. The van der Waals surface area contributed by atoms with Gasteiger partial charge in [-0.2, -0.15) is 5.10 Å². The van der Waals surface area contributed by atoms with Crippen LogP contribution in [0.4, 0.5) is 0 Å². The summed E-state index contributed by atoms with van der Waals surface area (Å²) in [5.74, 6) is 0.309. The van der Waals surface area contributed by atoms with Crippen LogP contribution in [0.25, 0.3) is 0 Å². The number of amides is 1. The van der Waals surface area contributed by atoms with Gasteiger partial charge < -0.3 is 10.0 Å². The molecule has 2 heterocycles. The van der Waals surface area contributed by atoms with Gasteiger partial charge in [0.1, 0.15) is 0 Å². The first-order valence-electron chi connectivity index (χ1n) is 8.69. The number of hydrogen-bond donors (Lipinski definition) is 1. The number of aliphatic hydroxyl groups is 1. The van der Waals surface area contributed by atoms with Crippen LogP contribution in [0.5, 0.6) is 0 Å². The number of hydrogen-bond acceptors (Lipinski definition) is 3. The Balaban J connectivity index is 1.49. The molecule has 3 rings (SSSR count). The number of aromatic nitrogens is 2. The Morgan fingerprint density at radius 3 is 2.83 bits per heavy atom. The quantitative estimate of drug-likeness (QED) is 0.884. The molecule has 2 atom stereocenters. The topological polar surface area (TPSA) is 58.4 Å². The molecule has 5 heteroatoms. The SMILES string of the molecule is O=C(CCCn1cccn1)N1CC[C@@H](O)[C@H](Cc2ccccc2)C1. The molecule has 0 bridgehead atoms. The molecule has 1 N–H and O–H groups in total. The molecule has 1 fully saturated rings. The minimum Gasteiger partial charge on any atom is -0.393 e. The van der Waals surface area contributed by atoms with Crippen LogP contribution >= 0.6 is 0 Å². The van der Waals surface area contributed by atoms with Crippen molar-refractivity contribution in [1.29, 1.82) is 0 Å². The summed E-state index contributed by atoms with van der Waals surface area (Å²) in [4.78, 5) is 14.4. The highest BCUT2D eigenvalue weighted by molar-refractivity contribution is 5.76. The first-order chi connectivity index (χ1) is 11.7. The molecule has 0 radical (unpaired) electrons. The van der Waals surface area contributed by atoms with Crippen LogP contribution in [-0.4, -0.2) is 44.9 Å². The number of nitrogens with zero attached hydrogens (tertiary/aromatic N) is 3. The van der Waals surface area contributed by atoms with E-state index in [1.165, 1.54) is 5.56 Å². The standard InChI is InChI=1S/C19H25N3O2/c23-18-9-13-21(15-17(18)14-16-6-2-1-3-7-16)19(24)8-4-11-22-12-5-10-20-22/h1-3,5-7,10,12,17-18,23H,4,8-9,11,13-15H2/t17-,18-/m1/s1. The summed E-state index contributed by atoms with van der Waals surface area (Å²) < 4.78 is 1.85. The highest BCUT2D eigenvalue weighted by Crippen LogP contribution is 2.22. The number of aliphatic hydroxyl groups excluding tert-OH is 1. The molecule has 0 spiro atoms. The van der Waals surface area contributed by atoms with E-state index in [9.17, 15) is 9.90 Å². The maximum Gasteiger partial charge on any atom is 0.222 e. The Kier molecular flexibility index (Phi) is 5.64. The van der Waals surface area contributed by atoms with Crippen LogP contribution < -0.4 is 0 Å². The summed E-state index contributed by atoms with van der Waals surface area (Å²) >= 11 is 0. The highest BCUT2D eigenvalue weighted by atomic mass is 16.3. The van der Waals surface area contributed by atoms with Crippen molar-refractivity contribution in [2.24, 2.45) is 5.92 Å². The average Bonchev–Trinajstić information content (AvgIpc) is 3.11. The largest absolute Gasteiger partial charge is 0.393 e. The molecule has 128 valence electrons. The second-order valence-electron chi connectivity index (χ2n) is 6.52. The maximum atomic E-state index is 12.4. The minimum absolute atomic E-state index is 0.121. The minimum atomic E-state index is -0.321. The predicted molar refractivity (Wildman–Crippen MR) is 92.3 cm³/mol. The lowest BCUT2D eigenvalue weighted by molar-refractivity contribution is -0.135. The second-order valence-corrected chi connectivity index (χ2v) is 6.52. The summed E-state index contributed by atoms with van der Waals surface area (Å²) in [7, 11) is 0. The lowest BCUT2D eigenvalue weighted by Gasteiger charge is -2.36. The smallest absolute Gasteiger partial charge is 0.222 e. The number of piperidine rings is 1. The van der Waals surface area contributed by atoms with E-state index >= 15 is 0 Å². The number of rotatable bonds is 6. The van der Waals surface area contributed by atoms with Crippen LogP contribution in [0.3, 0.4) is 0 Å². The summed E-state index contributed by atoms with van der Waals surface area (Å²) in [5, 5.41) is 14.4. The van der Waals surface area contributed by atoms with Gasteiger partial charge in [-0.15, -0.1) is 0 Å². The van der Waals surface area contributed by atoms with Crippen LogP contribution in [-0.2, 0) is 17.8 Å². The van der Waals surface area contributed by atoms with Crippen molar-refractivity contribution in [3.63, 3.8) is 0 Å². The number of benzene rings is 1. The van der Waals surface area contributed by atoms with Gasteiger partial charge in [0.05, 0.1) is 6.10 Å². The van der Waals surface area contributed by atoms with E-state index in [4.69, 9.17) is 0 Å². The molecule has 0 unspecified atom stereocenters. The van der Waals surface area contributed by atoms with E-state index in [1.807, 2.05) is 40.0 Å². The van der Waals surface area contributed by atoms with Gasteiger partial charge >= 0.3 is 0 Å². The van der Waals surface area contributed by atoms with Crippen molar-refractivity contribution in [3.05, 3.63) is 54.4 Å². The molecule has 1 saturated heterocycles. The van der Waals surface area contributed by atoms with E-state index in [1.54, 1.807) is 6.20 Å². The number of aryl methyl sites for hydroxylation is 1. The molecule has 0 saturated carbocycles. The van der Waals surface area contributed by atoms with E-state index in [2.05, 4.69) is 17.2 Å². The zero-order chi connectivity index (χ0) is 16.8. The van der Waals surface area contributed by atoms with E-state index in [-0.39, 0.29) is 17.9 Å². The molecule has 1 aliphatic rings. The fourth-order valence-corrected chi connectivity index (χ4v) is 3.35. The summed E-state index contributed by atoms with van der Waals surface area (Å²) in [6.07, 6.45) is 6.16. The first-order valence-corrected chi connectivity index (χ1v) is 8.69. The Morgan fingerprint density at radius 2 is 2.08 bits per heavy atom. The fraction of sp³-hybridized carbons (Fsp3) is 0.474. The van der Waals surface area contributed by atoms with Crippen LogP contribution in [0, 0.1) is 5.92 Å². The van der Waals surface area contributed by atoms with Crippen LogP contribution in [0.1, 0.15) is 24.8 Å². The molecule has 24 heavy (non-hydrogen) atoms. The van der Waals surface area contributed by atoms with Gasteiger partial charge in [0.15, 0.2) is 0 Å². The Hall–Kier alpha value is -2.14. The van der Waals surface area contributed by atoms with E-state index < -0.39 is 0 Å². The summed E-state index contributed by atoms with van der Waals surface area (Å²) in [6.45, 7) is 2.08. The third-order valence-electron chi connectivity index (χ3n) is 4.72. The normalized spacial score (nSPS) is 21.0. The van der Waals surface area contributed by atoms with Gasteiger partial charge in [-0.1, -0.05) is 30.3 Å². The molecule has 2 aromatic rings. The molecule has 1 aliphatic heterocycles. The van der Waals surface area contributed by atoms with Crippen LogP contribution in [0.2, 0.25) is 0 Å². The van der Waals surface area contributed by atoms with E-state index in [0.717, 1.165) is 19.4 Å². The molecular weight excluding hydrogens is 302 g/mol. The van der Waals surface area contributed by atoms with Gasteiger partial charge in [0, 0.05) is 44.4 Å². The van der Waals surface area contributed by atoms with Gasteiger partial charge in [-0.3, -0.25) is 9.48 Å². The molecule has 5 nitrogen and oxygen atoms in total.